The van der Waals surface area contributed by atoms with Crippen molar-refractivity contribution in [1.29, 1.82) is 0 Å². The molecule has 0 atom stereocenters. The second kappa shape index (κ2) is 8.84. The number of hydroxylamine groups is 1. The molecule has 29 heavy (non-hydrogen) atoms. The van der Waals surface area contributed by atoms with Gasteiger partial charge in [-0.1, -0.05) is 0 Å². The van der Waals surface area contributed by atoms with Crippen molar-refractivity contribution in [3.05, 3.63) is 36.3 Å². The van der Waals surface area contributed by atoms with E-state index in [2.05, 4.69) is 30.9 Å². The Labute approximate surface area is 168 Å². The van der Waals surface area contributed by atoms with Gasteiger partial charge in [-0.2, -0.15) is 0 Å². The van der Waals surface area contributed by atoms with Gasteiger partial charge in [0.2, 0.25) is 16.8 Å². The van der Waals surface area contributed by atoms with Gasteiger partial charge < -0.3 is 10.6 Å². The Morgan fingerprint density at radius 2 is 2.00 bits per heavy atom. The fraction of sp³-hybridized carbons (Fsp3) is 0.294. The van der Waals surface area contributed by atoms with Crippen molar-refractivity contribution < 1.29 is 22.8 Å². The van der Waals surface area contributed by atoms with Crippen LogP contribution in [0.1, 0.15) is 23.2 Å². The van der Waals surface area contributed by atoms with E-state index in [0.717, 1.165) is 17.1 Å². The van der Waals surface area contributed by atoms with Gasteiger partial charge in [0, 0.05) is 31.4 Å². The van der Waals surface area contributed by atoms with Crippen molar-refractivity contribution in [3.63, 3.8) is 0 Å². The van der Waals surface area contributed by atoms with Crippen LogP contribution in [0.15, 0.2) is 30.7 Å². The van der Waals surface area contributed by atoms with E-state index in [1.54, 1.807) is 0 Å². The molecule has 0 saturated heterocycles. The smallest absolute Gasteiger partial charge is 0.278 e. The molecule has 3 rings (SSSR count). The van der Waals surface area contributed by atoms with Crippen LogP contribution in [0.2, 0.25) is 0 Å². The van der Waals surface area contributed by atoms with Gasteiger partial charge in [0.05, 0.1) is 35.9 Å². The Morgan fingerprint density at radius 1 is 1.24 bits per heavy atom. The Balaban J connectivity index is 1.97. The Kier molecular flexibility index (Phi) is 6.24. The zero-order valence-electron chi connectivity index (χ0n) is 15.7. The molecule has 2 aromatic rings. The minimum Gasteiger partial charge on any atom is -0.352 e. The van der Waals surface area contributed by atoms with Crippen LogP contribution in [0.5, 0.6) is 0 Å². The summed E-state index contributed by atoms with van der Waals surface area (Å²) >= 11 is 0. The van der Waals surface area contributed by atoms with Crippen LogP contribution in [0.3, 0.4) is 0 Å². The maximum atomic E-state index is 12.3. The zero-order chi connectivity index (χ0) is 21.0. The van der Waals surface area contributed by atoms with Crippen LogP contribution < -0.4 is 20.4 Å². The van der Waals surface area contributed by atoms with E-state index >= 15 is 0 Å². The molecule has 2 amide bonds. The molecular weight excluding hydrogens is 400 g/mol. The van der Waals surface area contributed by atoms with Crippen LogP contribution in [0.25, 0.3) is 0 Å². The lowest BCUT2D eigenvalue weighted by molar-refractivity contribution is -0.117. The highest BCUT2D eigenvalue weighted by atomic mass is 32.2. The maximum Gasteiger partial charge on any atom is 0.278 e. The predicted molar refractivity (Wildman–Crippen MR) is 106 cm³/mol. The molecule has 0 bridgehead atoms. The first-order valence-corrected chi connectivity index (χ1v) is 9.77. The van der Waals surface area contributed by atoms with Crippen LogP contribution in [0, 0.1) is 5.92 Å². The standard InChI is InChI=1S/C17H20N6O5S/c1-23(29(26)27)14-5-6-18-9-13(14)20-12-7-15(21-16(24)10-3-4-10)19-8-11(12)17(25)22-28-2/h5-10,29H,3-4H2,1-2H3,(H,22,25)(H2,19,20,21,24). The highest BCUT2D eigenvalue weighted by Crippen LogP contribution is 2.32. The second-order valence-electron chi connectivity index (χ2n) is 6.29. The fourth-order valence-electron chi connectivity index (χ4n) is 2.53. The normalized spacial score (nSPS) is 13.1. The Morgan fingerprint density at radius 3 is 2.66 bits per heavy atom. The van der Waals surface area contributed by atoms with E-state index in [1.165, 1.54) is 44.9 Å². The summed E-state index contributed by atoms with van der Waals surface area (Å²) in [5.41, 5.74) is 3.28. The molecule has 11 nitrogen and oxygen atoms in total. The summed E-state index contributed by atoms with van der Waals surface area (Å²) in [7, 11) is -0.195. The van der Waals surface area contributed by atoms with Gasteiger partial charge in [0.25, 0.3) is 5.91 Å². The number of anilines is 4. The van der Waals surface area contributed by atoms with Gasteiger partial charge in [-0.15, -0.1) is 0 Å². The first-order valence-electron chi connectivity index (χ1n) is 8.64. The number of nitrogens with one attached hydrogen (secondary N) is 3. The molecule has 0 spiro atoms. The van der Waals surface area contributed by atoms with Gasteiger partial charge in [-0.3, -0.25) is 23.7 Å². The first-order chi connectivity index (χ1) is 13.9. The molecule has 3 N–H and O–H groups in total. The van der Waals surface area contributed by atoms with Crippen LogP contribution >= 0.6 is 0 Å². The van der Waals surface area contributed by atoms with Crippen molar-refractivity contribution in [3.8, 4) is 0 Å². The van der Waals surface area contributed by atoms with Gasteiger partial charge in [-0.25, -0.2) is 18.9 Å². The third-order valence-electron chi connectivity index (χ3n) is 4.20. The van der Waals surface area contributed by atoms with Crippen molar-refractivity contribution >= 4 is 45.6 Å². The summed E-state index contributed by atoms with van der Waals surface area (Å²) in [6, 6.07) is 3.00. The zero-order valence-corrected chi connectivity index (χ0v) is 16.6. The van der Waals surface area contributed by atoms with E-state index in [-0.39, 0.29) is 28.9 Å². The minimum atomic E-state index is -2.88. The lowest BCUT2D eigenvalue weighted by atomic mass is 10.2. The van der Waals surface area contributed by atoms with E-state index in [9.17, 15) is 18.0 Å². The summed E-state index contributed by atoms with van der Waals surface area (Å²) < 4.78 is 23.8. The van der Waals surface area contributed by atoms with Crippen molar-refractivity contribution in [1.82, 2.24) is 15.4 Å². The number of thiol groups is 1. The molecule has 0 aromatic carbocycles. The summed E-state index contributed by atoms with van der Waals surface area (Å²) in [6.07, 6.45) is 5.83. The summed E-state index contributed by atoms with van der Waals surface area (Å²) in [5.74, 6) is -0.470. The lowest BCUT2D eigenvalue weighted by Gasteiger charge is -2.18. The van der Waals surface area contributed by atoms with Crippen molar-refractivity contribution in [2.75, 3.05) is 29.1 Å². The van der Waals surface area contributed by atoms with Gasteiger partial charge in [-0.05, 0) is 18.9 Å². The number of carbonyl (C=O) groups excluding carboxylic acids is 2. The number of aromatic nitrogens is 2. The SMILES string of the molecule is CONC(=O)c1cnc(NC(=O)C2CC2)cc1Nc1cnccc1N(C)[SH](=O)=O. The average Bonchev–Trinajstić information content (AvgIpc) is 3.53. The minimum absolute atomic E-state index is 0.0170. The Bertz CT molecular complexity index is 1000. The Hall–Kier alpha value is -3.25. The quantitative estimate of drug-likeness (QED) is 0.363. The van der Waals surface area contributed by atoms with Gasteiger partial charge in [0.1, 0.15) is 5.82 Å². The summed E-state index contributed by atoms with van der Waals surface area (Å²) in [6.45, 7) is 0. The monoisotopic (exact) mass is 420 g/mol. The van der Waals surface area contributed by atoms with Crippen LogP contribution in [-0.2, 0) is 20.5 Å². The molecule has 1 saturated carbocycles. The van der Waals surface area contributed by atoms with E-state index in [0.29, 0.717) is 11.4 Å². The molecule has 0 unspecified atom stereocenters. The largest absolute Gasteiger partial charge is 0.352 e. The first kappa shape index (κ1) is 20.5. The number of hydrogen-bond acceptors (Lipinski definition) is 8. The third-order valence-corrected chi connectivity index (χ3v) is 4.91. The third kappa shape index (κ3) is 4.97. The molecule has 2 aromatic heterocycles. The second-order valence-corrected chi connectivity index (χ2v) is 7.37. The van der Waals surface area contributed by atoms with Crippen LogP contribution in [0.4, 0.5) is 22.9 Å². The molecule has 1 aliphatic carbocycles. The number of nitrogens with zero attached hydrogens (tertiary/aromatic N) is 3. The summed E-state index contributed by atoms with van der Waals surface area (Å²) in [5, 5.41) is 5.70. The number of carbonyl (C=O) groups is 2. The van der Waals surface area contributed by atoms with Gasteiger partial charge >= 0.3 is 0 Å². The molecule has 0 radical (unpaired) electrons. The highest BCUT2D eigenvalue weighted by Gasteiger charge is 2.30. The fourth-order valence-corrected chi connectivity index (χ4v) is 2.88. The highest BCUT2D eigenvalue weighted by molar-refractivity contribution is 7.74. The van der Waals surface area contributed by atoms with Crippen LogP contribution in [-0.4, -0.2) is 44.4 Å². The number of hydrogen-bond donors (Lipinski definition) is 4. The van der Waals surface area contributed by atoms with Crippen molar-refractivity contribution in [2.45, 2.75) is 12.8 Å². The molecular formula is C17H20N6O5S. The molecule has 154 valence electrons. The van der Waals surface area contributed by atoms with Crippen molar-refractivity contribution in [2.24, 2.45) is 5.92 Å². The van der Waals surface area contributed by atoms with E-state index < -0.39 is 16.8 Å². The van der Waals surface area contributed by atoms with E-state index in [4.69, 9.17) is 0 Å². The topological polar surface area (TPSA) is 143 Å². The maximum absolute atomic E-state index is 12.3. The number of rotatable bonds is 8. The number of pyridine rings is 2. The average molecular weight is 420 g/mol. The lowest BCUT2D eigenvalue weighted by Crippen LogP contribution is -2.24. The molecule has 2 heterocycles. The van der Waals surface area contributed by atoms with E-state index in [1.807, 2.05) is 0 Å². The molecule has 0 aliphatic heterocycles. The van der Waals surface area contributed by atoms with Gasteiger partial charge in [0.15, 0.2) is 0 Å². The molecule has 1 aliphatic rings. The molecule has 12 heteroatoms. The predicted octanol–water partition coefficient (Wildman–Crippen LogP) is 0.822. The summed E-state index contributed by atoms with van der Waals surface area (Å²) in [4.78, 5) is 37.1. The number of amides is 2. The molecule has 1 fully saturated rings.